The fraction of sp³-hybridized carbons (Fsp3) is 0.308. The average Bonchev–Trinajstić information content (AvgIpc) is 2.38. The normalized spacial score (nSPS) is 10.7. The van der Waals surface area contributed by atoms with E-state index < -0.39 is 0 Å². The molecule has 0 saturated heterocycles. The minimum absolute atomic E-state index is 0.108. The van der Waals surface area contributed by atoms with Crippen LogP contribution in [0.1, 0.15) is 29.8 Å². The van der Waals surface area contributed by atoms with E-state index in [0.29, 0.717) is 5.56 Å². The van der Waals surface area contributed by atoms with Gasteiger partial charge in [-0.1, -0.05) is 26.0 Å². The van der Waals surface area contributed by atoms with E-state index in [1.54, 1.807) is 38.1 Å². The van der Waals surface area contributed by atoms with Gasteiger partial charge in [-0.2, -0.15) is 5.10 Å². The Hall–Kier alpha value is -2.17. The van der Waals surface area contributed by atoms with Gasteiger partial charge in [-0.15, -0.1) is 0 Å². The first-order valence-electron chi connectivity index (χ1n) is 5.56. The summed E-state index contributed by atoms with van der Waals surface area (Å²) < 4.78 is 4.59. The number of amides is 1. The maximum Gasteiger partial charge on any atom is 0.337 e. The van der Waals surface area contributed by atoms with E-state index in [-0.39, 0.29) is 17.8 Å². The highest BCUT2D eigenvalue weighted by Gasteiger charge is 2.04. The smallest absolute Gasteiger partial charge is 0.337 e. The Bertz CT molecular complexity index is 450. The Morgan fingerprint density at radius 3 is 2.39 bits per heavy atom. The van der Waals surface area contributed by atoms with Gasteiger partial charge in [0, 0.05) is 5.92 Å². The quantitative estimate of drug-likeness (QED) is 0.499. The Labute approximate surface area is 106 Å². The number of benzene rings is 1. The molecule has 1 aromatic rings. The van der Waals surface area contributed by atoms with Crippen LogP contribution < -0.4 is 5.43 Å². The van der Waals surface area contributed by atoms with Gasteiger partial charge in [-0.3, -0.25) is 4.79 Å². The first kappa shape index (κ1) is 13.9. The lowest BCUT2D eigenvalue weighted by Crippen LogP contribution is -2.22. The van der Waals surface area contributed by atoms with Crippen LogP contribution >= 0.6 is 0 Å². The molecule has 1 rings (SSSR count). The molecule has 0 aliphatic carbocycles. The van der Waals surface area contributed by atoms with Crippen molar-refractivity contribution in [2.24, 2.45) is 11.0 Å². The standard InChI is InChI=1S/C13H16N2O3/c1-9(2)12(16)15-14-8-10-4-6-11(7-5-10)13(17)18-3/h4-9H,1-3H3,(H,15,16). The second-order valence-electron chi connectivity index (χ2n) is 4.00. The van der Waals surface area contributed by atoms with Crippen molar-refractivity contribution in [3.05, 3.63) is 35.4 Å². The zero-order valence-electron chi connectivity index (χ0n) is 10.6. The van der Waals surface area contributed by atoms with Crippen molar-refractivity contribution in [1.82, 2.24) is 5.43 Å². The van der Waals surface area contributed by atoms with Crippen LogP contribution in [-0.4, -0.2) is 25.2 Å². The third-order valence-corrected chi connectivity index (χ3v) is 2.24. The molecule has 0 unspecified atom stereocenters. The maximum absolute atomic E-state index is 11.2. The number of nitrogens with zero attached hydrogens (tertiary/aromatic N) is 1. The third-order valence-electron chi connectivity index (χ3n) is 2.24. The Balaban J connectivity index is 2.61. The van der Waals surface area contributed by atoms with Crippen molar-refractivity contribution in [3.8, 4) is 0 Å². The van der Waals surface area contributed by atoms with E-state index in [0.717, 1.165) is 5.56 Å². The predicted octanol–water partition coefficient (Wildman–Crippen LogP) is 1.58. The Morgan fingerprint density at radius 1 is 1.28 bits per heavy atom. The van der Waals surface area contributed by atoms with Gasteiger partial charge < -0.3 is 4.74 Å². The number of ether oxygens (including phenoxy) is 1. The van der Waals surface area contributed by atoms with Gasteiger partial charge in [0.05, 0.1) is 18.9 Å². The van der Waals surface area contributed by atoms with Gasteiger partial charge in [0.2, 0.25) is 5.91 Å². The second-order valence-corrected chi connectivity index (χ2v) is 4.00. The third kappa shape index (κ3) is 4.01. The van der Waals surface area contributed by atoms with Gasteiger partial charge in [0.1, 0.15) is 0 Å². The van der Waals surface area contributed by atoms with Crippen LogP contribution in [0, 0.1) is 5.92 Å². The summed E-state index contributed by atoms with van der Waals surface area (Å²) in [4.78, 5) is 22.4. The summed E-state index contributed by atoms with van der Waals surface area (Å²) in [7, 11) is 1.33. The van der Waals surface area contributed by atoms with E-state index in [1.165, 1.54) is 13.3 Å². The van der Waals surface area contributed by atoms with Crippen LogP contribution in [-0.2, 0) is 9.53 Å². The monoisotopic (exact) mass is 248 g/mol. The molecule has 0 atom stereocenters. The number of carbonyl (C=O) groups is 2. The molecule has 0 bridgehead atoms. The molecule has 1 amide bonds. The fourth-order valence-electron chi connectivity index (χ4n) is 1.12. The van der Waals surface area contributed by atoms with Crippen molar-refractivity contribution >= 4 is 18.1 Å². The summed E-state index contributed by atoms with van der Waals surface area (Å²) in [6.07, 6.45) is 1.52. The molecule has 0 radical (unpaired) electrons. The van der Waals surface area contributed by atoms with Gasteiger partial charge in [-0.05, 0) is 17.7 Å². The maximum atomic E-state index is 11.2. The summed E-state index contributed by atoms with van der Waals surface area (Å²) in [6, 6.07) is 6.71. The van der Waals surface area contributed by atoms with E-state index in [4.69, 9.17) is 0 Å². The summed E-state index contributed by atoms with van der Waals surface area (Å²) in [6.45, 7) is 3.58. The number of rotatable bonds is 4. The molecule has 0 spiro atoms. The molecule has 0 saturated carbocycles. The van der Waals surface area contributed by atoms with Crippen molar-refractivity contribution < 1.29 is 14.3 Å². The second kappa shape index (κ2) is 6.54. The molecular weight excluding hydrogens is 232 g/mol. The Kier molecular flexibility index (Phi) is 5.05. The molecule has 18 heavy (non-hydrogen) atoms. The largest absolute Gasteiger partial charge is 0.465 e. The van der Waals surface area contributed by atoms with Gasteiger partial charge in [-0.25, -0.2) is 10.2 Å². The summed E-state index contributed by atoms with van der Waals surface area (Å²) in [5.41, 5.74) is 3.68. The molecule has 0 aromatic heterocycles. The zero-order valence-corrected chi connectivity index (χ0v) is 10.6. The fourth-order valence-corrected chi connectivity index (χ4v) is 1.12. The molecule has 0 heterocycles. The van der Waals surface area contributed by atoms with Crippen molar-refractivity contribution in [1.29, 1.82) is 0 Å². The highest BCUT2D eigenvalue weighted by atomic mass is 16.5. The Morgan fingerprint density at radius 2 is 1.89 bits per heavy atom. The van der Waals surface area contributed by atoms with Crippen LogP contribution in [0.2, 0.25) is 0 Å². The molecule has 0 aliphatic rings. The van der Waals surface area contributed by atoms with Crippen molar-refractivity contribution in [2.75, 3.05) is 7.11 Å². The highest BCUT2D eigenvalue weighted by Crippen LogP contribution is 2.03. The number of hydrogen-bond acceptors (Lipinski definition) is 4. The van der Waals surface area contributed by atoms with Crippen molar-refractivity contribution in [3.63, 3.8) is 0 Å². The number of hydrazone groups is 1. The molecular formula is C13H16N2O3. The minimum Gasteiger partial charge on any atom is -0.465 e. The lowest BCUT2D eigenvalue weighted by Gasteiger charge is -2.01. The molecule has 0 fully saturated rings. The van der Waals surface area contributed by atoms with Gasteiger partial charge in [0.15, 0.2) is 0 Å². The SMILES string of the molecule is COC(=O)c1ccc(C=NNC(=O)C(C)C)cc1. The van der Waals surface area contributed by atoms with Gasteiger partial charge >= 0.3 is 5.97 Å². The number of nitrogens with one attached hydrogen (secondary N) is 1. The molecule has 1 N–H and O–H groups in total. The predicted molar refractivity (Wildman–Crippen MR) is 68.4 cm³/mol. The average molecular weight is 248 g/mol. The molecule has 96 valence electrons. The van der Waals surface area contributed by atoms with Crippen molar-refractivity contribution in [2.45, 2.75) is 13.8 Å². The lowest BCUT2D eigenvalue weighted by atomic mass is 10.1. The lowest BCUT2D eigenvalue weighted by molar-refractivity contribution is -0.123. The highest BCUT2D eigenvalue weighted by molar-refractivity contribution is 5.90. The summed E-state index contributed by atoms with van der Waals surface area (Å²) in [5, 5.41) is 3.82. The first-order chi connectivity index (χ1) is 8.54. The summed E-state index contributed by atoms with van der Waals surface area (Å²) in [5.74, 6) is -0.632. The number of methoxy groups -OCH3 is 1. The van der Waals surface area contributed by atoms with Crippen LogP contribution in [0.15, 0.2) is 29.4 Å². The van der Waals surface area contributed by atoms with E-state index in [1.807, 2.05) is 0 Å². The number of esters is 1. The summed E-state index contributed by atoms with van der Waals surface area (Å²) >= 11 is 0. The van der Waals surface area contributed by atoms with Crippen LogP contribution in [0.5, 0.6) is 0 Å². The molecule has 0 aliphatic heterocycles. The molecule has 5 nitrogen and oxygen atoms in total. The molecule has 5 heteroatoms. The van der Waals surface area contributed by atoms with Crippen LogP contribution in [0.4, 0.5) is 0 Å². The number of carbonyl (C=O) groups excluding carboxylic acids is 2. The zero-order chi connectivity index (χ0) is 13.5. The van der Waals surface area contributed by atoms with E-state index in [2.05, 4.69) is 15.3 Å². The molecule has 1 aromatic carbocycles. The van der Waals surface area contributed by atoms with E-state index in [9.17, 15) is 9.59 Å². The van der Waals surface area contributed by atoms with Gasteiger partial charge in [0.25, 0.3) is 0 Å². The number of hydrogen-bond donors (Lipinski definition) is 1. The van der Waals surface area contributed by atoms with Crippen LogP contribution in [0.25, 0.3) is 0 Å². The topological polar surface area (TPSA) is 67.8 Å². The van der Waals surface area contributed by atoms with E-state index >= 15 is 0 Å². The minimum atomic E-state index is -0.383. The first-order valence-corrected chi connectivity index (χ1v) is 5.56. The van der Waals surface area contributed by atoms with Crippen LogP contribution in [0.3, 0.4) is 0 Å².